The van der Waals surface area contributed by atoms with Gasteiger partial charge in [-0.15, -0.1) is 5.10 Å². The van der Waals surface area contributed by atoms with Crippen LogP contribution in [0.5, 0.6) is 0 Å². The Morgan fingerprint density at radius 3 is 2.32 bits per heavy atom. The van der Waals surface area contributed by atoms with Gasteiger partial charge >= 0.3 is 0 Å². The summed E-state index contributed by atoms with van der Waals surface area (Å²) in [5, 5.41) is 18.4. The second-order valence-electron chi connectivity index (χ2n) is 7.17. The van der Waals surface area contributed by atoms with E-state index in [0.29, 0.717) is 44.0 Å². The van der Waals surface area contributed by atoms with Crippen molar-refractivity contribution >= 4 is 11.7 Å². The molecule has 1 amide bonds. The van der Waals surface area contributed by atoms with Crippen LogP contribution in [0.2, 0.25) is 0 Å². The highest BCUT2D eigenvalue weighted by atomic mass is 16.2. The molecule has 0 N–H and O–H groups in total. The van der Waals surface area contributed by atoms with Crippen LogP contribution in [0.4, 0.5) is 5.82 Å². The molecule has 6 nitrogen and oxygen atoms in total. The largest absolute Gasteiger partial charge is 0.350 e. The van der Waals surface area contributed by atoms with E-state index in [-0.39, 0.29) is 5.91 Å². The molecule has 28 heavy (non-hydrogen) atoms. The quantitative estimate of drug-likeness (QED) is 0.801. The molecule has 0 aliphatic carbocycles. The Morgan fingerprint density at radius 1 is 1.07 bits per heavy atom. The molecule has 1 aliphatic heterocycles. The van der Waals surface area contributed by atoms with Crippen LogP contribution in [0.1, 0.15) is 41.8 Å². The van der Waals surface area contributed by atoms with E-state index in [1.807, 2.05) is 49.9 Å². The molecule has 2 aromatic rings. The van der Waals surface area contributed by atoms with E-state index in [1.54, 1.807) is 0 Å². The summed E-state index contributed by atoms with van der Waals surface area (Å²) in [6.07, 6.45) is 1.96. The van der Waals surface area contributed by atoms with Crippen molar-refractivity contribution in [2.75, 3.05) is 31.1 Å². The van der Waals surface area contributed by atoms with Crippen molar-refractivity contribution < 1.29 is 4.79 Å². The molecule has 1 aliphatic rings. The van der Waals surface area contributed by atoms with Crippen molar-refractivity contribution in [1.82, 2.24) is 15.1 Å². The number of piperazine rings is 1. The molecule has 0 spiro atoms. The number of nitrogens with zero attached hydrogens (tertiary/aromatic N) is 5. The lowest BCUT2D eigenvalue weighted by Crippen LogP contribution is -2.49. The van der Waals surface area contributed by atoms with E-state index in [2.05, 4.69) is 21.2 Å². The molecule has 6 heteroatoms. The van der Waals surface area contributed by atoms with E-state index in [0.717, 1.165) is 29.7 Å². The SMILES string of the molecule is CCc1nnc(N2CCN(C(=O)Cc3ccc(C)cc3)CC2)c(C#N)c1CC. The van der Waals surface area contributed by atoms with Gasteiger partial charge in [0.15, 0.2) is 5.82 Å². The molecule has 0 saturated carbocycles. The number of carbonyl (C=O) groups excluding carboxylic acids is 1. The smallest absolute Gasteiger partial charge is 0.227 e. The monoisotopic (exact) mass is 377 g/mol. The normalized spacial score (nSPS) is 14.1. The average molecular weight is 377 g/mol. The standard InChI is InChI=1S/C22H27N5O/c1-4-18-19(15-23)22(25-24-20(18)5-2)27-12-10-26(11-13-27)21(28)14-17-8-6-16(3)7-9-17/h6-9H,4-5,10-14H2,1-3H3. The molecule has 0 atom stereocenters. The van der Waals surface area contributed by atoms with Crippen LogP contribution in [0.25, 0.3) is 0 Å². The molecule has 146 valence electrons. The topological polar surface area (TPSA) is 73.1 Å². The highest BCUT2D eigenvalue weighted by molar-refractivity contribution is 5.79. The Hall–Kier alpha value is -2.94. The number of nitriles is 1. The van der Waals surface area contributed by atoms with Crippen LogP contribution in [0, 0.1) is 18.3 Å². The van der Waals surface area contributed by atoms with Crippen LogP contribution in [-0.2, 0) is 24.1 Å². The number of hydrogen-bond acceptors (Lipinski definition) is 5. The summed E-state index contributed by atoms with van der Waals surface area (Å²) < 4.78 is 0. The van der Waals surface area contributed by atoms with E-state index >= 15 is 0 Å². The second-order valence-corrected chi connectivity index (χ2v) is 7.17. The Bertz CT molecular complexity index is 877. The average Bonchev–Trinajstić information content (AvgIpc) is 2.74. The lowest BCUT2D eigenvalue weighted by molar-refractivity contribution is -0.130. The number of anilines is 1. The molecule has 1 fully saturated rings. The van der Waals surface area contributed by atoms with Crippen LogP contribution >= 0.6 is 0 Å². The summed E-state index contributed by atoms with van der Waals surface area (Å²) in [6.45, 7) is 8.71. The fourth-order valence-electron chi connectivity index (χ4n) is 3.66. The van der Waals surface area contributed by atoms with Gasteiger partial charge in [0.25, 0.3) is 0 Å². The molecule has 1 saturated heterocycles. The van der Waals surface area contributed by atoms with Gasteiger partial charge in [0.1, 0.15) is 11.6 Å². The summed E-state index contributed by atoms with van der Waals surface area (Å²) in [4.78, 5) is 16.6. The molecule has 1 aromatic carbocycles. The number of amides is 1. The van der Waals surface area contributed by atoms with Crippen molar-refractivity contribution in [3.63, 3.8) is 0 Å². The van der Waals surface area contributed by atoms with E-state index in [1.165, 1.54) is 5.56 Å². The zero-order valence-corrected chi connectivity index (χ0v) is 16.9. The van der Waals surface area contributed by atoms with Crippen molar-refractivity contribution in [2.24, 2.45) is 0 Å². The van der Waals surface area contributed by atoms with Gasteiger partial charge in [-0.1, -0.05) is 43.7 Å². The zero-order valence-electron chi connectivity index (χ0n) is 16.9. The van der Waals surface area contributed by atoms with Gasteiger partial charge in [-0.25, -0.2) is 0 Å². The summed E-state index contributed by atoms with van der Waals surface area (Å²) >= 11 is 0. The molecule has 0 radical (unpaired) electrons. The van der Waals surface area contributed by atoms with Gasteiger partial charge < -0.3 is 9.80 Å². The lowest BCUT2D eigenvalue weighted by Gasteiger charge is -2.35. The second kappa shape index (κ2) is 8.83. The molecule has 1 aromatic heterocycles. The maximum Gasteiger partial charge on any atom is 0.227 e. The molecule has 3 rings (SSSR count). The maximum atomic E-state index is 12.6. The Kier molecular flexibility index (Phi) is 6.25. The minimum atomic E-state index is 0.144. The van der Waals surface area contributed by atoms with Gasteiger partial charge in [-0.2, -0.15) is 10.4 Å². The first-order valence-electron chi connectivity index (χ1n) is 9.94. The summed E-state index contributed by atoms with van der Waals surface area (Å²) in [7, 11) is 0. The van der Waals surface area contributed by atoms with Crippen molar-refractivity contribution in [3.05, 3.63) is 52.2 Å². The number of carbonyl (C=O) groups is 1. The predicted octanol–water partition coefficient (Wildman–Crippen LogP) is 2.67. The first-order valence-corrected chi connectivity index (χ1v) is 9.94. The summed E-state index contributed by atoms with van der Waals surface area (Å²) in [6, 6.07) is 10.4. The third-order valence-electron chi connectivity index (χ3n) is 5.35. The number of aryl methyl sites for hydroxylation is 2. The van der Waals surface area contributed by atoms with E-state index in [9.17, 15) is 10.1 Å². The molecular formula is C22H27N5O. The van der Waals surface area contributed by atoms with Crippen LogP contribution in [0.3, 0.4) is 0 Å². The Labute approximate surface area is 166 Å². The zero-order chi connectivity index (χ0) is 20.1. The third-order valence-corrected chi connectivity index (χ3v) is 5.35. The number of hydrogen-bond donors (Lipinski definition) is 0. The molecule has 0 unspecified atom stereocenters. The van der Waals surface area contributed by atoms with Crippen molar-refractivity contribution in [3.8, 4) is 6.07 Å². The van der Waals surface area contributed by atoms with E-state index < -0.39 is 0 Å². The van der Waals surface area contributed by atoms with E-state index in [4.69, 9.17) is 0 Å². The first-order chi connectivity index (χ1) is 13.6. The Morgan fingerprint density at radius 2 is 1.75 bits per heavy atom. The summed E-state index contributed by atoms with van der Waals surface area (Å²) in [5.74, 6) is 0.799. The maximum absolute atomic E-state index is 12.6. The number of aromatic nitrogens is 2. The Balaban J connectivity index is 1.68. The highest BCUT2D eigenvalue weighted by Gasteiger charge is 2.25. The summed E-state index contributed by atoms with van der Waals surface area (Å²) in [5.41, 5.74) is 4.76. The molecule has 0 bridgehead atoms. The highest BCUT2D eigenvalue weighted by Crippen LogP contribution is 2.24. The van der Waals surface area contributed by atoms with Gasteiger partial charge in [0, 0.05) is 26.2 Å². The lowest BCUT2D eigenvalue weighted by atomic mass is 10.0. The van der Waals surface area contributed by atoms with Gasteiger partial charge in [-0.05, 0) is 30.9 Å². The van der Waals surface area contributed by atoms with Gasteiger partial charge in [0.2, 0.25) is 5.91 Å². The van der Waals surface area contributed by atoms with Crippen LogP contribution in [0.15, 0.2) is 24.3 Å². The fourth-order valence-corrected chi connectivity index (χ4v) is 3.66. The minimum absolute atomic E-state index is 0.144. The molecule has 2 heterocycles. The number of benzene rings is 1. The first kappa shape index (κ1) is 19.8. The third kappa shape index (κ3) is 4.14. The number of rotatable bonds is 5. The molecular weight excluding hydrogens is 350 g/mol. The van der Waals surface area contributed by atoms with Gasteiger partial charge in [-0.3, -0.25) is 4.79 Å². The predicted molar refractivity (Wildman–Crippen MR) is 109 cm³/mol. The van der Waals surface area contributed by atoms with Crippen LogP contribution < -0.4 is 4.90 Å². The fraction of sp³-hybridized carbons (Fsp3) is 0.455. The minimum Gasteiger partial charge on any atom is -0.350 e. The van der Waals surface area contributed by atoms with Gasteiger partial charge in [0.05, 0.1) is 12.1 Å². The van der Waals surface area contributed by atoms with Crippen molar-refractivity contribution in [2.45, 2.75) is 40.0 Å². The van der Waals surface area contributed by atoms with Crippen molar-refractivity contribution in [1.29, 1.82) is 5.26 Å². The van der Waals surface area contributed by atoms with Crippen LogP contribution in [-0.4, -0.2) is 47.2 Å².